The fourth-order valence-electron chi connectivity index (χ4n) is 1.78. The highest BCUT2D eigenvalue weighted by Crippen LogP contribution is 2.25. The van der Waals surface area contributed by atoms with Crippen LogP contribution in [-0.4, -0.2) is 33.4 Å². The van der Waals surface area contributed by atoms with Gasteiger partial charge in [0, 0.05) is 23.6 Å². The molecule has 1 aliphatic rings. The Balaban J connectivity index is 1.89. The van der Waals surface area contributed by atoms with Crippen LogP contribution in [-0.2, 0) is 0 Å². The molecule has 1 aliphatic heterocycles. The molecule has 0 saturated carbocycles. The Labute approximate surface area is 116 Å². The molecule has 1 atom stereocenters. The topological polar surface area (TPSA) is 68.0 Å². The van der Waals surface area contributed by atoms with E-state index >= 15 is 0 Å². The van der Waals surface area contributed by atoms with Crippen LogP contribution in [0.15, 0.2) is 18.3 Å². The molecule has 3 N–H and O–H groups in total. The third kappa shape index (κ3) is 3.43. The Bertz CT molecular complexity index is 441. The van der Waals surface area contributed by atoms with Gasteiger partial charge in [0.2, 0.25) is 0 Å². The van der Waals surface area contributed by atoms with Crippen molar-refractivity contribution < 1.29 is 4.79 Å². The zero-order valence-electron chi connectivity index (χ0n) is 9.89. The van der Waals surface area contributed by atoms with Crippen molar-refractivity contribution in [2.45, 2.75) is 18.1 Å². The second kappa shape index (κ2) is 6.15. The van der Waals surface area contributed by atoms with Crippen LogP contribution in [0.1, 0.15) is 28.9 Å². The van der Waals surface area contributed by atoms with E-state index in [1.54, 1.807) is 12.1 Å². The number of hydrogen-bond donors (Lipinski definition) is 2. The lowest BCUT2D eigenvalue weighted by Gasteiger charge is -2.09. The molecule has 0 aromatic carbocycles. The van der Waals surface area contributed by atoms with Crippen LogP contribution in [0, 0.1) is 0 Å². The summed E-state index contributed by atoms with van der Waals surface area (Å²) in [6, 6.07) is 3.36. The average molecular weight is 281 g/mol. The predicted molar refractivity (Wildman–Crippen MR) is 77.9 cm³/mol. The summed E-state index contributed by atoms with van der Waals surface area (Å²) in [5.41, 5.74) is 6.54. The van der Waals surface area contributed by atoms with Crippen LogP contribution in [0.3, 0.4) is 0 Å². The van der Waals surface area contributed by atoms with Gasteiger partial charge in [-0.15, -0.1) is 0 Å². The van der Waals surface area contributed by atoms with Gasteiger partial charge in [0.25, 0.3) is 5.91 Å². The summed E-state index contributed by atoms with van der Waals surface area (Å²) in [6.45, 7) is 0.711. The van der Waals surface area contributed by atoms with Crippen molar-refractivity contribution in [2.75, 3.05) is 12.3 Å². The van der Waals surface area contributed by atoms with Crippen molar-refractivity contribution in [2.24, 2.45) is 5.73 Å². The van der Waals surface area contributed by atoms with Gasteiger partial charge in [-0.3, -0.25) is 9.78 Å². The first-order chi connectivity index (χ1) is 8.66. The lowest BCUT2D eigenvalue weighted by molar-refractivity contribution is 0.0948. The maximum absolute atomic E-state index is 11.8. The molecule has 1 fully saturated rings. The van der Waals surface area contributed by atoms with Crippen molar-refractivity contribution >= 4 is 34.9 Å². The first-order valence-corrected chi connectivity index (χ1v) is 7.28. The number of thioether (sulfide) groups is 1. The predicted octanol–water partition coefficient (Wildman–Crippen LogP) is 1.34. The number of rotatable bonds is 4. The second-order valence-electron chi connectivity index (χ2n) is 4.14. The Morgan fingerprint density at radius 1 is 1.61 bits per heavy atom. The van der Waals surface area contributed by atoms with Crippen LogP contribution >= 0.6 is 24.0 Å². The highest BCUT2D eigenvalue weighted by Gasteiger charge is 2.17. The Kier molecular flexibility index (Phi) is 4.54. The molecule has 6 heteroatoms. The molecule has 1 unspecified atom stereocenters. The molecule has 1 aromatic heterocycles. The molecule has 0 bridgehead atoms. The summed E-state index contributed by atoms with van der Waals surface area (Å²) in [5.74, 6) is 1.05. The number of amides is 1. The summed E-state index contributed by atoms with van der Waals surface area (Å²) >= 11 is 6.75. The monoisotopic (exact) mass is 281 g/mol. The van der Waals surface area contributed by atoms with Gasteiger partial charge in [0.1, 0.15) is 10.7 Å². The Morgan fingerprint density at radius 3 is 3.00 bits per heavy atom. The minimum absolute atomic E-state index is 0.142. The quantitative estimate of drug-likeness (QED) is 0.815. The van der Waals surface area contributed by atoms with E-state index < -0.39 is 0 Å². The van der Waals surface area contributed by atoms with Gasteiger partial charge in [-0.1, -0.05) is 12.2 Å². The number of nitrogens with zero attached hydrogens (tertiary/aromatic N) is 1. The Hall–Kier alpha value is -1.14. The molecule has 96 valence electrons. The van der Waals surface area contributed by atoms with Gasteiger partial charge in [0.15, 0.2) is 0 Å². The van der Waals surface area contributed by atoms with Gasteiger partial charge in [-0.2, -0.15) is 11.8 Å². The van der Waals surface area contributed by atoms with Gasteiger partial charge in [-0.05, 0) is 30.7 Å². The van der Waals surface area contributed by atoms with E-state index in [0.29, 0.717) is 23.1 Å². The molecule has 18 heavy (non-hydrogen) atoms. The number of aromatic nitrogens is 1. The van der Waals surface area contributed by atoms with Gasteiger partial charge in [0.05, 0.1) is 0 Å². The normalized spacial score (nSPS) is 18.6. The molecule has 4 nitrogen and oxygen atoms in total. The summed E-state index contributed by atoms with van der Waals surface area (Å²) in [6.07, 6.45) is 3.95. The number of pyridine rings is 1. The number of thiocarbonyl (C=S) groups is 1. The lowest BCUT2D eigenvalue weighted by Crippen LogP contribution is -2.30. The zero-order valence-corrected chi connectivity index (χ0v) is 11.5. The second-order valence-corrected chi connectivity index (χ2v) is 5.99. The molecule has 2 rings (SSSR count). The number of carbonyl (C=O) groups excluding carboxylic acids is 1. The summed E-state index contributed by atoms with van der Waals surface area (Å²) in [7, 11) is 0. The van der Waals surface area contributed by atoms with Crippen molar-refractivity contribution in [3.63, 3.8) is 0 Å². The van der Waals surface area contributed by atoms with E-state index in [9.17, 15) is 4.79 Å². The van der Waals surface area contributed by atoms with E-state index in [-0.39, 0.29) is 10.9 Å². The maximum Gasteiger partial charge on any atom is 0.269 e. The smallest absolute Gasteiger partial charge is 0.269 e. The number of nitrogens with one attached hydrogen (secondary N) is 1. The summed E-state index contributed by atoms with van der Waals surface area (Å²) < 4.78 is 0. The van der Waals surface area contributed by atoms with E-state index in [4.69, 9.17) is 18.0 Å². The zero-order chi connectivity index (χ0) is 13.0. The Morgan fingerprint density at radius 2 is 2.44 bits per heavy atom. The minimum Gasteiger partial charge on any atom is -0.389 e. The summed E-state index contributed by atoms with van der Waals surface area (Å²) in [4.78, 5) is 16.2. The largest absolute Gasteiger partial charge is 0.389 e. The summed E-state index contributed by atoms with van der Waals surface area (Å²) in [5, 5.41) is 3.45. The fourth-order valence-corrected chi connectivity index (χ4v) is 3.10. The van der Waals surface area contributed by atoms with Crippen LogP contribution < -0.4 is 11.1 Å². The number of hydrogen-bond acceptors (Lipinski definition) is 4. The molecule has 0 aliphatic carbocycles. The first kappa shape index (κ1) is 13.3. The van der Waals surface area contributed by atoms with Gasteiger partial charge in [-0.25, -0.2) is 0 Å². The van der Waals surface area contributed by atoms with E-state index in [1.807, 2.05) is 11.8 Å². The van der Waals surface area contributed by atoms with Gasteiger partial charge >= 0.3 is 0 Å². The minimum atomic E-state index is -0.142. The molecule has 0 spiro atoms. The molecule has 1 saturated heterocycles. The molecular weight excluding hydrogens is 266 g/mol. The SMILES string of the molecule is NC(=S)c1ccc(C(=O)NCC2CCCS2)nc1. The maximum atomic E-state index is 11.8. The third-order valence-corrected chi connectivity index (χ3v) is 4.43. The van der Waals surface area contributed by atoms with Crippen LogP contribution in [0.2, 0.25) is 0 Å². The van der Waals surface area contributed by atoms with E-state index in [1.165, 1.54) is 24.8 Å². The standard InChI is InChI=1S/C12H15N3OS2/c13-11(17)8-3-4-10(14-6-8)12(16)15-7-9-2-1-5-18-9/h3-4,6,9H,1-2,5,7H2,(H2,13,17)(H,15,16). The van der Waals surface area contributed by atoms with Crippen LogP contribution in [0.25, 0.3) is 0 Å². The fraction of sp³-hybridized carbons (Fsp3) is 0.417. The number of nitrogens with two attached hydrogens (primary N) is 1. The van der Waals surface area contributed by atoms with Crippen molar-refractivity contribution in [3.05, 3.63) is 29.6 Å². The highest BCUT2D eigenvalue weighted by molar-refractivity contribution is 8.00. The first-order valence-electron chi connectivity index (χ1n) is 5.82. The molecule has 2 heterocycles. The highest BCUT2D eigenvalue weighted by atomic mass is 32.2. The van der Waals surface area contributed by atoms with Crippen LogP contribution in [0.4, 0.5) is 0 Å². The lowest BCUT2D eigenvalue weighted by atomic mass is 10.2. The van der Waals surface area contributed by atoms with E-state index in [0.717, 1.165) is 0 Å². The van der Waals surface area contributed by atoms with Crippen LogP contribution in [0.5, 0.6) is 0 Å². The molecule has 1 amide bonds. The molecular formula is C12H15N3OS2. The molecule has 0 radical (unpaired) electrons. The molecule has 1 aromatic rings. The number of carbonyl (C=O) groups is 1. The average Bonchev–Trinajstić information content (AvgIpc) is 2.89. The third-order valence-electron chi connectivity index (χ3n) is 2.79. The van der Waals surface area contributed by atoms with Crippen molar-refractivity contribution in [1.29, 1.82) is 0 Å². The van der Waals surface area contributed by atoms with Gasteiger partial charge < -0.3 is 11.1 Å². The van der Waals surface area contributed by atoms with Crippen molar-refractivity contribution in [3.8, 4) is 0 Å². The van der Waals surface area contributed by atoms with E-state index in [2.05, 4.69) is 10.3 Å². The van der Waals surface area contributed by atoms with Crippen molar-refractivity contribution in [1.82, 2.24) is 10.3 Å².